The fourth-order valence-corrected chi connectivity index (χ4v) is 4.58. The Morgan fingerprint density at radius 1 is 1.09 bits per heavy atom. The third kappa shape index (κ3) is 5.64. The Morgan fingerprint density at radius 2 is 1.79 bits per heavy atom. The second-order valence-electron chi connectivity index (χ2n) is 8.88. The van der Waals surface area contributed by atoms with Gasteiger partial charge in [0.1, 0.15) is 11.9 Å². The standard InChI is InChI=1S/C25H35N5O4/c1-2-3-11-27-25(33)34-19(18-30-23(31)20-8-4-5-9-21(20)24(30)32)17-28-13-15-29(16-14-28)22-10-6-7-12-26-22/h4-7,10,12,19,31-32H,2-3,8-9,11,13-18H2,1H3,(H,27,33). The van der Waals surface area contributed by atoms with Crippen molar-refractivity contribution in [1.82, 2.24) is 19.8 Å². The van der Waals surface area contributed by atoms with E-state index in [0.717, 1.165) is 56.0 Å². The van der Waals surface area contributed by atoms with Crippen LogP contribution in [0, 0.1) is 0 Å². The van der Waals surface area contributed by atoms with E-state index in [4.69, 9.17) is 4.74 Å². The van der Waals surface area contributed by atoms with Crippen LogP contribution in [0.15, 0.2) is 36.5 Å². The number of allylic oxidation sites excluding steroid dienone is 2. The molecule has 2 aliphatic rings. The van der Waals surface area contributed by atoms with Crippen LogP contribution in [0.25, 0.3) is 0 Å². The monoisotopic (exact) mass is 469 g/mol. The van der Waals surface area contributed by atoms with Gasteiger partial charge in [0.05, 0.1) is 6.54 Å². The maximum atomic E-state index is 12.4. The molecular formula is C25H35N5O4. The number of alkyl carbamates (subject to hydrolysis) is 1. The molecule has 3 heterocycles. The molecule has 34 heavy (non-hydrogen) atoms. The lowest BCUT2D eigenvalue weighted by Gasteiger charge is -2.36. The summed E-state index contributed by atoms with van der Waals surface area (Å²) in [6.45, 7) is 6.58. The number of rotatable bonds is 9. The van der Waals surface area contributed by atoms with Crippen molar-refractivity contribution in [3.63, 3.8) is 0 Å². The smallest absolute Gasteiger partial charge is 0.407 e. The summed E-state index contributed by atoms with van der Waals surface area (Å²) in [5.74, 6) is 1.07. The number of piperazine rings is 1. The zero-order chi connectivity index (χ0) is 23.9. The number of ether oxygens (including phenoxy) is 1. The molecule has 1 atom stereocenters. The van der Waals surface area contributed by atoms with Crippen molar-refractivity contribution in [2.24, 2.45) is 0 Å². The van der Waals surface area contributed by atoms with E-state index < -0.39 is 12.2 Å². The number of nitrogens with one attached hydrogen (secondary N) is 1. The zero-order valence-electron chi connectivity index (χ0n) is 19.8. The van der Waals surface area contributed by atoms with Crippen LogP contribution in [0.4, 0.5) is 10.6 Å². The Balaban J connectivity index is 1.42. The number of carbonyl (C=O) groups excluding carboxylic acids is 1. The third-order valence-electron chi connectivity index (χ3n) is 6.49. The predicted octanol–water partition coefficient (Wildman–Crippen LogP) is 2.67. The Bertz CT molecular complexity index is 951. The molecule has 2 aromatic rings. The van der Waals surface area contributed by atoms with Crippen LogP contribution in [0.1, 0.15) is 30.9 Å². The summed E-state index contributed by atoms with van der Waals surface area (Å²) in [4.78, 5) is 21.4. The van der Waals surface area contributed by atoms with Crippen LogP contribution in [-0.4, -0.2) is 76.1 Å². The van der Waals surface area contributed by atoms with Gasteiger partial charge in [-0.25, -0.2) is 9.78 Å². The second-order valence-corrected chi connectivity index (χ2v) is 8.88. The molecule has 0 bridgehead atoms. The number of nitrogens with zero attached hydrogens (tertiary/aromatic N) is 4. The minimum Gasteiger partial charge on any atom is -0.494 e. The summed E-state index contributed by atoms with van der Waals surface area (Å²) in [6, 6.07) is 5.91. The highest BCUT2D eigenvalue weighted by atomic mass is 16.6. The number of aromatic hydroxyl groups is 2. The van der Waals surface area contributed by atoms with Gasteiger partial charge in [-0.1, -0.05) is 31.6 Å². The van der Waals surface area contributed by atoms with Gasteiger partial charge in [0.25, 0.3) is 0 Å². The van der Waals surface area contributed by atoms with E-state index >= 15 is 0 Å². The Hall–Kier alpha value is -3.20. The number of aromatic nitrogens is 2. The van der Waals surface area contributed by atoms with Crippen molar-refractivity contribution in [3.05, 3.63) is 47.7 Å². The van der Waals surface area contributed by atoms with Crippen LogP contribution in [0.3, 0.4) is 0 Å². The van der Waals surface area contributed by atoms with Crippen LogP contribution in [-0.2, 0) is 24.1 Å². The highest BCUT2D eigenvalue weighted by Crippen LogP contribution is 2.37. The third-order valence-corrected chi connectivity index (χ3v) is 6.49. The first-order valence-electron chi connectivity index (χ1n) is 12.2. The quantitative estimate of drug-likeness (QED) is 0.383. The summed E-state index contributed by atoms with van der Waals surface area (Å²) in [5.41, 5.74) is 1.49. The van der Waals surface area contributed by atoms with E-state index in [9.17, 15) is 15.0 Å². The highest BCUT2D eigenvalue weighted by Gasteiger charge is 2.28. The van der Waals surface area contributed by atoms with E-state index in [2.05, 4.69) is 27.0 Å². The number of hydrogen-bond acceptors (Lipinski definition) is 7. The highest BCUT2D eigenvalue weighted by molar-refractivity contribution is 5.67. The van der Waals surface area contributed by atoms with Gasteiger partial charge in [-0.3, -0.25) is 9.47 Å². The molecule has 9 heteroatoms. The molecule has 184 valence electrons. The van der Waals surface area contributed by atoms with E-state index in [1.54, 1.807) is 6.20 Å². The van der Waals surface area contributed by atoms with E-state index in [-0.39, 0.29) is 18.3 Å². The molecule has 0 radical (unpaired) electrons. The zero-order valence-corrected chi connectivity index (χ0v) is 19.8. The molecule has 1 saturated heterocycles. The number of unbranched alkanes of at least 4 members (excludes halogenated alkanes) is 1. The van der Waals surface area contributed by atoms with Crippen LogP contribution < -0.4 is 10.2 Å². The van der Waals surface area contributed by atoms with E-state index in [1.165, 1.54) is 4.57 Å². The Morgan fingerprint density at radius 3 is 2.41 bits per heavy atom. The molecule has 1 aliphatic heterocycles. The van der Waals surface area contributed by atoms with Gasteiger partial charge in [0, 0.05) is 56.6 Å². The fraction of sp³-hybridized carbons (Fsp3) is 0.520. The molecule has 1 aliphatic carbocycles. The van der Waals surface area contributed by atoms with E-state index in [0.29, 0.717) is 25.9 Å². The molecule has 9 nitrogen and oxygen atoms in total. The van der Waals surface area contributed by atoms with Crippen molar-refractivity contribution in [1.29, 1.82) is 0 Å². The summed E-state index contributed by atoms with van der Waals surface area (Å²) in [7, 11) is 0. The topological polar surface area (TPSA) is 103 Å². The fourth-order valence-electron chi connectivity index (χ4n) is 4.58. The number of carbonyl (C=O) groups is 1. The van der Waals surface area contributed by atoms with Gasteiger partial charge >= 0.3 is 6.09 Å². The Kier molecular flexibility index (Phi) is 7.95. The number of hydrogen-bond donors (Lipinski definition) is 3. The SMILES string of the molecule is CCCCNC(=O)OC(CN1CCN(c2ccccn2)CC1)Cn1c(O)c2c(c1O)CC=CC2. The lowest BCUT2D eigenvalue weighted by Crippen LogP contribution is -2.50. The van der Waals surface area contributed by atoms with Crippen molar-refractivity contribution in [2.45, 2.75) is 45.3 Å². The van der Waals surface area contributed by atoms with Crippen molar-refractivity contribution in [2.75, 3.05) is 44.2 Å². The minimum absolute atomic E-state index is 0.0526. The van der Waals surface area contributed by atoms with Crippen molar-refractivity contribution >= 4 is 11.9 Å². The van der Waals surface area contributed by atoms with Crippen molar-refractivity contribution < 1.29 is 19.7 Å². The number of pyridine rings is 1. The number of fused-ring (bicyclic) bond motifs is 1. The maximum absolute atomic E-state index is 12.4. The number of anilines is 1. The van der Waals surface area contributed by atoms with Gasteiger partial charge < -0.3 is 25.2 Å². The number of amides is 1. The molecule has 2 aromatic heterocycles. The summed E-state index contributed by atoms with van der Waals surface area (Å²) in [5, 5.41) is 24.3. The summed E-state index contributed by atoms with van der Waals surface area (Å²) in [6.07, 6.45) is 7.81. The minimum atomic E-state index is -0.526. The molecular weight excluding hydrogens is 434 g/mol. The first kappa shape index (κ1) is 23.9. The molecule has 1 amide bonds. The molecule has 4 rings (SSSR count). The van der Waals surface area contributed by atoms with E-state index in [1.807, 2.05) is 30.4 Å². The average Bonchev–Trinajstić information content (AvgIpc) is 3.10. The molecule has 3 N–H and O–H groups in total. The van der Waals surface area contributed by atoms with Gasteiger partial charge in [0.15, 0.2) is 11.8 Å². The Labute approximate surface area is 200 Å². The van der Waals surface area contributed by atoms with Gasteiger partial charge in [-0.05, 0) is 31.4 Å². The first-order valence-corrected chi connectivity index (χ1v) is 12.2. The summed E-state index contributed by atoms with van der Waals surface area (Å²) < 4.78 is 7.26. The normalized spacial score (nSPS) is 16.8. The van der Waals surface area contributed by atoms with Gasteiger partial charge in [-0.15, -0.1) is 0 Å². The van der Waals surface area contributed by atoms with Crippen LogP contribution in [0.5, 0.6) is 11.8 Å². The van der Waals surface area contributed by atoms with Gasteiger partial charge in [0.2, 0.25) is 0 Å². The lowest BCUT2D eigenvalue weighted by atomic mass is 10.0. The molecule has 0 saturated carbocycles. The maximum Gasteiger partial charge on any atom is 0.407 e. The van der Waals surface area contributed by atoms with Crippen molar-refractivity contribution in [3.8, 4) is 11.8 Å². The molecule has 1 fully saturated rings. The molecule has 0 spiro atoms. The second kappa shape index (κ2) is 11.3. The average molecular weight is 470 g/mol. The van der Waals surface area contributed by atoms with Gasteiger partial charge in [-0.2, -0.15) is 0 Å². The van der Waals surface area contributed by atoms with Crippen LogP contribution in [0.2, 0.25) is 0 Å². The summed E-state index contributed by atoms with van der Waals surface area (Å²) >= 11 is 0. The lowest BCUT2D eigenvalue weighted by molar-refractivity contribution is 0.0558. The molecule has 0 aromatic carbocycles. The van der Waals surface area contributed by atoms with Crippen LogP contribution >= 0.6 is 0 Å². The predicted molar refractivity (Wildman–Crippen MR) is 130 cm³/mol. The molecule has 1 unspecified atom stereocenters. The first-order chi connectivity index (χ1) is 16.6. The largest absolute Gasteiger partial charge is 0.494 e.